The minimum absolute atomic E-state index is 0.111. The van der Waals surface area contributed by atoms with Gasteiger partial charge in [0.05, 0.1) is 5.54 Å². The Balaban J connectivity index is 2.92. The first kappa shape index (κ1) is 8.46. The Hall–Kier alpha value is -0.640. The summed E-state index contributed by atoms with van der Waals surface area (Å²) in [5.74, 6) is 0.988. The van der Waals surface area contributed by atoms with Crippen molar-refractivity contribution in [1.82, 2.24) is 10.2 Å². The van der Waals surface area contributed by atoms with E-state index in [4.69, 9.17) is 12.2 Å². The number of hydrogen-bond acceptors (Lipinski definition) is 2. The third-order valence-corrected chi connectivity index (χ3v) is 1.80. The lowest BCUT2D eigenvalue weighted by Crippen LogP contribution is -2.47. The first-order valence-corrected chi connectivity index (χ1v) is 3.93. The third kappa shape index (κ3) is 1.50. The number of hydrogen-bond donors (Lipinski definition) is 1. The number of aliphatic imine (C=N–C) groups is 1. The molecular formula is C7H13N3S. The molecule has 0 bridgehead atoms. The molecule has 1 N–H and O–H groups in total. The van der Waals surface area contributed by atoms with E-state index in [0.29, 0.717) is 5.11 Å². The van der Waals surface area contributed by atoms with Crippen molar-refractivity contribution in [2.75, 3.05) is 14.1 Å². The van der Waals surface area contributed by atoms with Crippen LogP contribution in [0.1, 0.15) is 13.8 Å². The van der Waals surface area contributed by atoms with E-state index in [1.54, 1.807) is 0 Å². The summed E-state index contributed by atoms with van der Waals surface area (Å²) in [7, 11) is 3.94. The van der Waals surface area contributed by atoms with Gasteiger partial charge in [0.2, 0.25) is 0 Å². The van der Waals surface area contributed by atoms with Gasteiger partial charge >= 0.3 is 0 Å². The van der Waals surface area contributed by atoms with E-state index in [1.165, 1.54) is 0 Å². The van der Waals surface area contributed by atoms with Crippen molar-refractivity contribution in [3.63, 3.8) is 0 Å². The van der Waals surface area contributed by atoms with Crippen LogP contribution in [0.3, 0.4) is 0 Å². The van der Waals surface area contributed by atoms with E-state index in [2.05, 4.69) is 24.2 Å². The highest BCUT2D eigenvalue weighted by atomic mass is 32.1. The molecule has 0 saturated heterocycles. The zero-order valence-electron chi connectivity index (χ0n) is 7.30. The largest absolute Gasteiger partial charge is 0.364 e. The van der Waals surface area contributed by atoms with Gasteiger partial charge in [-0.15, -0.1) is 0 Å². The summed E-state index contributed by atoms with van der Waals surface area (Å²) in [4.78, 5) is 6.18. The molecule has 11 heavy (non-hydrogen) atoms. The van der Waals surface area contributed by atoms with E-state index in [-0.39, 0.29) is 5.54 Å². The van der Waals surface area contributed by atoms with Crippen LogP contribution in [0.4, 0.5) is 0 Å². The quantitative estimate of drug-likeness (QED) is 0.541. The zero-order chi connectivity index (χ0) is 8.65. The average molecular weight is 171 g/mol. The van der Waals surface area contributed by atoms with Gasteiger partial charge in [0.1, 0.15) is 5.84 Å². The number of thiocarbonyl (C=S) groups is 1. The number of nitrogens with one attached hydrogen (secondary N) is 1. The van der Waals surface area contributed by atoms with Gasteiger partial charge in [0.25, 0.3) is 0 Å². The van der Waals surface area contributed by atoms with Crippen molar-refractivity contribution in [2.24, 2.45) is 4.99 Å². The Morgan fingerprint density at radius 1 is 1.45 bits per heavy atom. The van der Waals surface area contributed by atoms with Crippen molar-refractivity contribution in [1.29, 1.82) is 0 Å². The molecule has 4 heteroatoms. The molecule has 0 aromatic rings. The van der Waals surface area contributed by atoms with Gasteiger partial charge in [-0.05, 0) is 26.1 Å². The highest BCUT2D eigenvalue weighted by Crippen LogP contribution is 2.13. The fourth-order valence-corrected chi connectivity index (χ4v) is 1.59. The molecule has 0 spiro atoms. The lowest BCUT2D eigenvalue weighted by Gasteiger charge is -2.25. The van der Waals surface area contributed by atoms with Gasteiger partial charge in [-0.25, -0.2) is 4.99 Å². The molecule has 1 rings (SSSR count). The van der Waals surface area contributed by atoms with E-state index in [0.717, 1.165) is 5.84 Å². The highest BCUT2D eigenvalue weighted by Gasteiger charge is 2.32. The molecule has 0 atom stereocenters. The lowest BCUT2D eigenvalue weighted by molar-refractivity contribution is 0.523. The fraction of sp³-hybridized carbons (Fsp3) is 0.714. The molecule has 0 aromatic heterocycles. The van der Waals surface area contributed by atoms with Crippen molar-refractivity contribution in [3.8, 4) is 0 Å². The summed E-state index contributed by atoms with van der Waals surface area (Å²) in [6.45, 7) is 4.12. The normalized spacial score (nSPS) is 21.1. The van der Waals surface area contributed by atoms with Crippen molar-refractivity contribution < 1.29 is 0 Å². The predicted octanol–water partition coefficient (Wildman–Crippen LogP) is 0.613. The number of likely N-dealkylation sites (N-methyl/N-ethyl adjacent to an activating group) is 1. The Bertz CT molecular complexity index is 218. The van der Waals surface area contributed by atoms with Crippen LogP contribution >= 0.6 is 12.2 Å². The number of amidine groups is 1. The van der Waals surface area contributed by atoms with Gasteiger partial charge < -0.3 is 10.2 Å². The van der Waals surface area contributed by atoms with Crippen molar-refractivity contribution in [2.45, 2.75) is 19.4 Å². The van der Waals surface area contributed by atoms with Crippen LogP contribution in [0.2, 0.25) is 0 Å². The van der Waals surface area contributed by atoms with E-state index in [9.17, 15) is 0 Å². The number of rotatable bonds is 0. The molecule has 0 unspecified atom stereocenters. The van der Waals surface area contributed by atoms with Crippen LogP contribution in [0.15, 0.2) is 4.99 Å². The fourth-order valence-electron chi connectivity index (χ4n) is 1.25. The molecule has 0 radical (unpaired) electrons. The molecule has 0 aliphatic carbocycles. The van der Waals surface area contributed by atoms with Gasteiger partial charge in [0.15, 0.2) is 5.11 Å². The SMILES string of the molecule is CN(C)C1=NC(=S)NC1(C)C. The third-order valence-electron chi connectivity index (χ3n) is 1.61. The van der Waals surface area contributed by atoms with Crippen LogP contribution in [0.25, 0.3) is 0 Å². The first-order valence-electron chi connectivity index (χ1n) is 3.52. The van der Waals surface area contributed by atoms with Crippen molar-refractivity contribution in [3.05, 3.63) is 0 Å². The second kappa shape index (κ2) is 2.44. The second-order valence-electron chi connectivity index (χ2n) is 3.38. The molecular weight excluding hydrogens is 158 g/mol. The summed E-state index contributed by atoms with van der Waals surface area (Å²) in [6, 6.07) is 0. The molecule has 0 aromatic carbocycles. The lowest BCUT2D eigenvalue weighted by atomic mass is 10.1. The van der Waals surface area contributed by atoms with Gasteiger partial charge in [0, 0.05) is 14.1 Å². The minimum atomic E-state index is -0.111. The van der Waals surface area contributed by atoms with Crippen molar-refractivity contribution >= 4 is 23.2 Å². The predicted molar refractivity (Wildman–Crippen MR) is 50.9 cm³/mol. The van der Waals surface area contributed by atoms with Gasteiger partial charge in [-0.3, -0.25) is 0 Å². The van der Waals surface area contributed by atoms with E-state index >= 15 is 0 Å². The van der Waals surface area contributed by atoms with Gasteiger partial charge in [-0.2, -0.15) is 0 Å². The summed E-state index contributed by atoms with van der Waals surface area (Å²) < 4.78 is 0. The van der Waals surface area contributed by atoms with E-state index < -0.39 is 0 Å². The second-order valence-corrected chi connectivity index (χ2v) is 3.77. The standard InChI is InChI=1S/C7H13N3S/c1-7(2)5(10(3)4)8-6(11)9-7/h1-4H3,(H,9,11). The molecule has 3 nitrogen and oxygen atoms in total. The average Bonchev–Trinajstić information content (AvgIpc) is 2.04. The van der Waals surface area contributed by atoms with Crippen LogP contribution < -0.4 is 5.32 Å². The topological polar surface area (TPSA) is 27.6 Å². The smallest absolute Gasteiger partial charge is 0.195 e. The van der Waals surface area contributed by atoms with Crippen LogP contribution in [0.5, 0.6) is 0 Å². The molecule has 62 valence electrons. The Labute approximate surface area is 72.5 Å². The first-order chi connectivity index (χ1) is 4.93. The summed E-state index contributed by atoms with van der Waals surface area (Å²) in [5, 5.41) is 3.69. The number of nitrogens with zero attached hydrogens (tertiary/aromatic N) is 2. The summed E-state index contributed by atoms with van der Waals surface area (Å²) in [6.07, 6.45) is 0. The summed E-state index contributed by atoms with van der Waals surface area (Å²) in [5.41, 5.74) is -0.111. The van der Waals surface area contributed by atoms with Crippen LogP contribution in [-0.4, -0.2) is 35.5 Å². The van der Waals surface area contributed by atoms with E-state index in [1.807, 2.05) is 19.0 Å². The molecule has 1 aliphatic rings. The van der Waals surface area contributed by atoms with Crippen LogP contribution in [-0.2, 0) is 0 Å². The van der Waals surface area contributed by atoms with Crippen LogP contribution in [0, 0.1) is 0 Å². The van der Waals surface area contributed by atoms with Gasteiger partial charge in [-0.1, -0.05) is 0 Å². The zero-order valence-corrected chi connectivity index (χ0v) is 8.12. The molecule has 0 saturated carbocycles. The molecule has 0 amide bonds. The Morgan fingerprint density at radius 3 is 2.18 bits per heavy atom. The maximum atomic E-state index is 4.94. The minimum Gasteiger partial charge on any atom is -0.364 e. The molecule has 1 heterocycles. The Morgan fingerprint density at radius 2 is 2.00 bits per heavy atom. The summed E-state index contributed by atoms with van der Waals surface area (Å²) >= 11 is 4.94. The monoisotopic (exact) mass is 171 g/mol. The maximum absolute atomic E-state index is 4.94. The maximum Gasteiger partial charge on any atom is 0.195 e. The molecule has 0 fully saturated rings. The Kier molecular flexibility index (Phi) is 1.88. The molecule has 1 aliphatic heterocycles. The highest BCUT2D eigenvalue weighted by molar-refractivity contribution is 7.80.